The molecule has 12 heteroatoms. The lowest BCUT2D eigenvalue weighted by atomic mass is 10.2. The highest BCUT2D eigenvalue weighted by molar-refractivity contribution is 6.20. The Morgan fingerprint density at radius 1 is 1.18 bits per heavy atom. The van der Waals surface area contributed by atoms with Crippen LogP contribution in [0.4, 0.5) is 36.1 Å². The predicted molar refractivity (Wildman–Crippen MR) is 120 cm³/mol. The van der Waals surface area contributed by atoms with Crippen LogP contribution in [0.2, 0.25) is 0 Å². The van der Waals surface area contributed by atoms with Gasteiger partial charge in [0, 0.05) is 42.6 Å². The Morgan fingerprint density at radius 2 is 1.94 bits per heavy atom. The molecule has 34 heavy (non-hydrogen) atoms. The van der Waals surface area contributed by atoms with Gasteiger partial charge in [-0.25, -0.2) is 9.37 Å². The number of aliphatic hydroxyl groups is 1. The number of β-amino-alcohol motifs (C(OH)–C–C–N with tert-alkyl or cyclic N) is 1. The van der Waals surface area contributed by atoms with E-state index in [-0.39, 0.29) is 11.3 Å². The van der Waals surface area contributed by atoms with Gasteiger partial charge in [0.2, 0.25) is 0 Å². The average Bonchev–Trinajstić information content (AvgIpc) is 3.20. The zero-order valence-corrected chi connectivity index (χ0v) is 18.3. The number of amides is 1. The summed E-state index contributed by atoms with van der Waals surface area (Å²) in [6, 6.07) is 8.00. The van der Waals surface area contributed by atoms with E-state index in [4.69, 9.17) is 11.6 Å². The number of hydrogen-bond donors (Lipinski definition) is 3. The van der Waals surface area contributed by atoms with Gasteiger partial charge < -0.3 is 25.4 Å². The first-order valence-electron chi connectivity index (χ1n) is 10.1. The summed E-state index contributed by atoms with van der Waals surface area (Å²) >= 11 is 4.74. The fourth-order valence-electron chi connectivity index (χ4n) is 3.44. The lowest BCUT2D eigenvalue weighted by molar-refractivity contribution is -0.0964. The molecule has 0 radical (unpaired) electrons. The number of halogens is 4. The fourth-order valence-corrected chi connectivity index (χ4v) is 3.53. The van der Waals surface area contributed by atoms with Gasteiger partial charge in [0.05, 0.1) is 35.4 Å². The second-order valence-electron chi connectivity index (χ2n) is 7.53. The van der Waals surface area contributed by atoms with E-state index in [0.717, 1.165) is 6.20 Å². The number of nitrogens with one attached hydrogen (secondary N) is 2. The molecule has 1 aliphatic rings. The number of hydrogen-bond acceptors (Lipinski definition) is 7. The van der Waals surface area contributed by atoms with Crippen molar-refractivity contribution in [2.24, 2.45) is 0 Å². The molecule has 0 aliphatic carbocycles. The number of benzene rings is 1. The first kappa shape index (κ1) is 23.6. The summed E-state index contributed by atoms with van der Waals surface area (Å²) in [7, 11) is 0. The number of anilines is 4. The highest BCUT2D eigenvalue weighted by atomic mass is 35.5. The SMILES string of the molecule is O=C(Nc1ccc(OC(F)(F)Cl)cc1)c1cnc(N2CC[C@@H](O)C2)c(Nc2cncc(F)c2)c1. The molecule has 1 fully saturated rings. The number of nitrogens with zero attached hydrogens (tertiary/aromatic N) is 3. The topological polar surface area (TPSA) is 99.6 Å². The molecule has 3 heterocycles. The summed E-state index contributed by atoms with van der Waals surface area (Å²) in [5.41, 5.74) is -2.56. The molecule has 0 spiro atoms. The van der Waals surface area contributed by atoms with Gasteiger partial charge in [-0.15, -0.1) is 8.78 Å². The van der Waals surface area contributed by atoms with Gasteiger partial charge >= 0.3 is 5.57 Å². The van der Waals surface area contributed by atoms with Crippen LogP contribution in [0, 0.1) is 5.82 Å². The lowest BCUT2D eigenvalue weighted by Crippen LogP contribution is -2.24. The minimum absolute atomic E-state index is 0.174. The number of pyridine rings is 2. The van der Waals surface area contributed by atoms with Crippen LogP contribution >= 0.6 is 11.6 Å². The number of aliphatic hydroxyl groups excluding tert-OH is 1. The zero-order valence-electron chi connectivity index (χ0n) is 17.5. The lowest BCUT2D eigenvalue weighted by Gasteiger charge is -2.21. The van der Waals surface area contributed by atoms with E-state index in [0.29, 0.717) is 42.4 Å². The monoisotopic (exact) mass is 493 g/mol. The Bertz CT molecular complexity index is 1180. The number of rotatable bonds is 7. The smallest absolute Gasteiger partial charge is 0.420 e. The molecule has 1 atom stereocenters. The Labute approximate surface area is 197 Å². The molecular weight excluding hydrogens is 475 g/mol. The molecule has 8 nitrogen and oxygen atoms in total. The van der Waals surface area contributed by atoms with Gasteiger partial charge in [0.15, 0.2) is 5.82 Å². The number of carbonyl (C=O) groups is 1. The van der Waals surface area contributed by atoms with E-state index in [1.54, 1.807) is 6.07 Å². The molecule has 1 aliphatic heterocycles. The van der Waals surface area contributed by atoms with Gasteiger partial charge in [0.1, 0.15) is 11.6 Å². The molecule has 1 aromatic carbocycles. The Balaban J connectivity index is 1.56. The maximum Gasteiger partial charge on any atom is 0.487 e. The van der Waals surface area contributed by atoms with E-state index in [1.165, 1.54) is 42.7 Å². The minimum Gasteiger partial charge on any atom is -0.420 e. The van der Waals surface area contributed by atoms with Crippen molar-refractivity contribution in [1.82, 2.24) is 9.97 Å². The van der Waals surface area contributed by atoms with Crippen LogP contribution < -0.4 is 20.3 Å². The molecule has 0 bridgehead atoms. The standard InChI is InChI=1S/C22H19ClF3N5O3/c23-22(25,26)34-18-3-1-15(2-4-18)30-21(33)13-7-19(29-16-8-14(24)10-27-11-16)20(28-9-13)31-6-5-17(32)12-31/h1-4,7-11,17,29,32H,5-6,12H2,(H,30,33)/t17-/m1/s1. The van der Waals surface area contributed by atoms with Crippen molar-refractivity contribution >= 4 is 40.4 Å². The molecule has 4 rings (SSSR count). The predicted octanol–water partition coefficient (Wildman–Crippen LogP) is 4.35. The highest BCUT2D eigenvalue weighted by Crippen LogP contribution is 2.31. The fraction of sp³-hybridized carbons (Fsp3) is 0.227. The molecule has 1 amide bonds. The highest BCUT2D eigenvalue weighted by Gasteiger charge is 2.27. The van der Waals surface area contributed by atoms with Crippen molar-refractivity contribution in [2.45, 2.75) is 18.1 Å². The van der Waals surface area contributed by atoms with Crippen molar-refractivity contribution in [3.8, 4) is 5.75 Å². The summed E-state index contributed by atoms with van der Waals surface area (Å²) < 4.78 is 43.3. The Morgan fingerprint density at radius 3 is 2.59 bits per heavy atom. The maximum atomic E-state index is 13.6. The molecule has 2 aromatic heterocycles. The largest absolute Gasteiger partial charge is 0.487 e. The van der Waals surface area contributed by atoms with Crippen LogP contribution in [-0.2, 0) is 0 Å². The molecule has 3 N–H and O–H groups in total. The maximum absolute atomic E-state index is 13.6. The summed E-state index contributed by atoms with van der Waals surface area (Å²) in [6.45, 7) is 0.927. The van der Waals surface area contributed by atoms with Crippen LogP contribution in [0.15, 0.2) is 55.0 Å². The van der Waals surface area contributed by atoms with E-state index in [9.17, 15) is 23.1 Å². The van der Waals surface area contributed by atoms with Gasteiger partial charge in [0.25, 0.3) is 5.91 Å². The summed E-state index contributed by atoms with van der Waals surface area (Å²) in [6.07, 6.45) is 3.93. The molecule has 0 saturated carbocycles. The second kappa shape index (κ2) is 9.74. The first-order chi connectivity index (χ1) is 16.2. The van der Waals surface area contributed by atoms with E-state index < -0.39 is 23.4 Å². The molecular formula is C22H19ClF3N5O3. The van der Waals surface area contributed by atoms with Crippen molar-refractivity contribution in [2.75, 3.05) is 28.6 Å². The van der Waals surface area contributed by atoms with Crippen molar-refractivity contribution in [3.05, 3.63) is 66.4 Å². The molecule has 0 unspecified atom stereocenters. The molecule has 178 valence electrons. The zero-order chi connectivity index (χ0) is 24.3. The molecule has 3 aromatic rings. The van der Waals surface area contributed by atoms with Crippen LogP contribution in [-0.4, -0.2) is 45.7 Å². The van der Waals surface area contributed by atoms with Crippen LogP contribution in [0.25, 0.3) is 0 Å². The van der Waals surface area contributed by atoms with Gasteiger partial charge in [-0.3, -0.25) is 9.78 Å². The van der Waals surface area contributed by atoms with Crippen LogP contribution in [0.1, 0.15) is 16.8 Å². The van der Waals surface area contributed by atoms with Crippen LogP contribution in [0.5, 0.6) is 5.75 Å². The van der Waals surface area contributed by atoms with E-state index in [1.807, 2.05) is 4.90 Å². The first-order valence-corrected chi connectivity index (χ1v) is 10.5. The third-order valence-electron chi connectivity index (χ3n) is 4.92. The normalized spacial score (nSPS) is 15.8. The number of ether oxygens (including phenoxy) is 1. The van der Waals surface area contributed by atoms with Crippen molar-refractivity contribution < 1.29 is 27.8 Å². The molecule has 1 saturated heterocycles. The van der Waals surface area contributed by atoms with E-state index in [2.05, 4.69) is 25.3 Å². The Hall–Kier alpha value is -3.57. The second-order valence-corrected chi connectivity index (χ2v) is 7.97. The van der Waals surface area contributed by atoms with Gasteiger partial charge in [-0.05, 0) is 36.8 Å². The van der Waals surface area contributed by atoms with Crippen molar-refractivity contribution in [1.29, 1.82) is 0 Å². The summed E-state index contributed by atoms with van der Waals surface area (Å²) in [4.78, 5) is 22.8. The van der Waals surface area contributed by atoms with Crippen LogP contribution in [0.3, 0.4) is 0 Å². The van der Waals surface area contributed by atoms with E-state index >= 15 is 0 Å². The third-order valence-corrected chi connectivity index (χ3v) is 5.00. The van der Waals surface area contributed by atoms with Gasteiger partial charge in [-0.2, -0.15) is 0 Å². The average molecular weight is 494 g/mol. The summed E-state index contributed by atoms with van der Waals surface area (Å²) in [5, 5.41) is 15.6. The third kappa shape index (κ3) is 6.06. The number of aromatic nitrogens is 2. The van der Waals surface area contributed by atoms with Gasteiger partial charge in [-0.1, -0.05) is 0 Å². The quantitative estimate of drug-likeness (QED) is 0.421. The Kier molecular flexibility index (Phi) is 6.75. The number of alkyl halides is 3. The number of carbonyl (C=O) groups excluding carboxylic acids is 1. The summed E-state index contributed by atoms with van der Waals surface area (Å²) in [5.74, 6) is -0.741. The minimum atomic E-state index is -3.84. The van der Waals surface area contributed by atoms with Crippen molar-refractivity contribution in [3.63, 3.8) is 0 Å².